The molecule has 1 rings (SSSR count). The highest BCUT2D eigenvalue weighted by Crippen LogP contribution is 2.31. The van der Waals surface area contributed by atoms with Crippen LogP contribution in [0.15, 0.2) is 0 Å². The molecule has 0 aromatic rings. The van der Waals surface area contributed by atoms with Gasteiger partial charge in [0.1, 0.15) is 0 Å². The molecule has 1 N–H and O–H groups in total. The van der Waals surface area contributed by atoms with Crippen molar-refractivity contribution in [1.82, 2.24) is 5.32 Å². The van der Waals surface area contributed by atoms with Crippen molar-refractivity contribution >= 4 is 0 Å². The van der Waals surface area contributed by atoms with Crippen LogP contribution in [0.4, 0.5) is 0 Å². The Morgan fingerprint density at radius 3 is 2.69 bits per heavy atom. The zero-order valence-electron chi connectivity index (χ0n) is 9.01. The minimum Gasteiger partial charge on any atom is -0.381 e. The minimum absolute atomic E-state index is 0.819. The maximum atomic E-state index is 5.50. The molecule has 2 heteroatoms. The summed E-state index contributed by atoms with van der Waals surface area (Å²) in [5.41, 5.74) is 0. The van der Waals surface area contributed by atoms with Crippen LogP contribution < -0.4 is 5.32 Å². The predicted octanol–water partition coefficient (Wildman–Crippen LogP) is 2.05. The van der Waals surface area contributed by atoms with Gasteiger partial charge >= 0.3 is 0 Å². The van der Waals surface area contributed by atoms with Gasteiger partial charge < -0.3 is 10.1 Å². The molecular formula is C11H23NO. The van der Waals surface area contributed by atoms with Crippen LogP contribution in [0.25, 0.3) is 0 Å². The fraction of sp³-hybridized carbons (Fsp3) is 1.00. The van der Waals surface area contributed by atoms with E-state index < -0.39 is 0 Å². The molecule has 0 saturated heterocycles. The molecule has 0 heterocycles. The molecule has 2 nitrogen and oxygen atoms in total. The molecule has 0 aliphatic heterocycles. The molecule has 1 aliphatic carbocycles. The standard InChI is InChI=1S/C11H23NO/c1-3-12-8-10-6-5-7-11(10)9-13-4-2/h10-12H,3-9H2,1-2H3. The Morgan fingerprint density at radius 2 is 2.00 bits per heavy atom. The van der Waals surface area contributed by atoms with Gasteiger partial charge in [0.2, 0.25) is 0 Å². The van der Waals surface area contributed by atoms with E-state index in [1.165, 1.54) is 25.8 Å². The van der Waals surface area contributed by atoms with Crippen molar-refractivity contribution in [2.24, 2.45) is 11.8 Å². The van der Waals surface area contributed by atoms with Gasteiger partial charge in [0.15, 0.2) is 0 Å². The van der Waals surface area contributed by atoms with Crippen molar-refractivity contribution in [3.8, 4) is 0 Å². The summed E-state index contributed by atoms with van der Waals surface area (Å²) in [6.45, 7) is 8.38. The highest BCUT2D eigenvalue weighted by atomic mass is 16.5. The number of hydrogen-bond donors (Lipinski definition) is 1. The first kappa shape index (κ1) is 11.0. The van der Waals surface area contributed by atoms with E-state index in [0.717, 1.165) is 31.6 Å². The molecular weight excluding hydrogens is 162 g/mol. The monoisotopic (exact) mass is 185 g/mol. The summed E-state index contributed by atoms with van der Waals surface area (Å²) in [7, 11) is 0. The van der Waals surface area contributed by atoms with Gasteiger partial charge in [-0.2, -0.15) is 0 Å². The maximum absolute atomic E-state index is 5.50. The highest BCUT2D eigenvalue weighted by molar-refractivity contribution is 4.78. The Balaban J connectivity index is 2.18. The van der Waals surface area contributed by atoms with Gasteiger partial charge in [0.05, 0.1) is 0 Å². The quantitative estimate of drug-likeness (QED) is 0.684. The summed E-state index contributed by atoms with van der Waals surface area (Å²) in [6, 6.07) is 0. The number of rotatable bonds is 6. The largest absolute Gasteiger partial charge is 0.381 e. The first-order valence-corrected chi connectivity index (χ1v) is 5.66. The van der Waals surface area contributed by atoms with E-state index in [1.54, 1.807) is 0 Å². The molecule has 0 radical (unpaired) electrons. The van der Waals surface area contributed by atoms with Gasteiger partial charge in [-0.15, -0.1) is 0 Å². The van der Waals surface area contributed by atoms with Gasteiger partial charge in [-0.05, 0) is 44.7 Å². The second-order valence-corrected chi connectivity index (χ2v) is 3.92. The first-order chi connectivity index (χ1) is 6.38. The highest BCUT2D eigenvalue weighted by Gasteiger charge is 2.26. The van der Waals surface area contributed by atoms with Crippen LogP contribution in [0.5, 0.6) is 0 Å². The first-order valence-electron chi connectivity index (χ1n) is 5.66. The van der Waals surface area contributed by atoms with Crippen LogP contribution in [-0.2, 0) is 4.74 Å². The Labute approximate surface area is 82.0 Å². The van der Waals surface area contributed by atoms with Gasteiger partial charge in [0, 0.05) is 13.2 Å². The SMILES string of the molecule is CCNCC1CCCC1COCC. The summed E-state index contributed by atoms with van der Waals surface area (Å²) >= 11 is 0. The summed E-state index contributed by atoms with van der Waals surface area (Å²) in [6.07, 6.45) is 4.16. The molecule has 2 unspecified atom stereocenters. The van der Waals surface area contributed by atoms with Crippen molar-refractivity contribution in [3.05, 3.63) is 0 Å². The fourth-order valence-electron chi connectivity index (χ4n) is 2.20. The van der Waals surface area contributed by atoms with Crippen LogP contribution >= 0.6 is 0 Å². The summed E-state index contributed by atoms with van der Waals surface area (Å²) in [4.78, 5) is 0. The average Bonchev–Trinajstić information content (AvgIpc) is 2.59. The van der Waals surface area contributed by atoms with Gasteiger partial charge in [-0.1, -0.05) is 13.3 Å². The third kappa shape index (κ3) is 3.65. The second-order valence-electron chi connectivity index (χ2n) is 3.92. The second kappa shape index (κ2) is 6.39. The Hall–Kier alpha value is -0.0800. The minimum atomic E-state index is 0.819. The Bertz CT molecular complexity index is 113. The molecule has 2 atom stereocenters. The molecule has 0 aromatic heterocycles. The molecule has 0 bridgehead atoms. The third-order valence-electron chi connectivity index (χ3n) is 3.01. The van der Waals surface area contributed by atoms with Crippen molar-refractivity contribution in [3.63, 3.8) is 0 Å². The molecule has 1 aliphatic rings. The summed E-state index contributed by atoms with van der Waals surface area (Å²) < 4.78 is 5.50. The number of nitrogens with one attached hydrogen (secondary N) is 1. The normalized spacial score (nSPS) is 28.2. The van der Waals surface area contributed by atoms with Crippen molar-refractivity contribution in [2.75, 3.05) is 26.3 Å². The van der Waals surface area contributed by atoms with Crippen LogP contribution in [0.1, 0.15) is 33.1 Å². The topological polar surface area (TPSA) is 21.3 Å². The Kier molecular flexibility index (Phi) is 5.40. The zero-order chi connectivity index (χ0) is 9.52. The lowest BCUT2D eigenvalue weighted by atomic mass is 9.97. The van der Waals surface area contributed by atoms with Crippen molar-refractivity contribution < 1.29 is 4.74 Å². The van der Waals surface area contributed by atoms with Gasteiger partial charge in [-0.25, -0.2) is 0 Å². The molecule has 0 amide bonds. The molecule has 1 saturated carbocycles. The number of hydrogen-bond acceptors (Lipinski definition) is 2. The van der Waals surface area contributed by atoms with E-state index in [-0.39, 0.29) is 0 Å². The lowest BCUT2D eigenvalue weighted by Crippen LogP contribution is -2.27. The van der Waals surface area contributed by atoms with E-state index in [0.29, 0.717) is 0 Å². The molecule has 13 heavy (non-hydrogen) atoms. The van der Waals surface area contributed by atoms with Gasteiger partial charge in [-0.3, -0.25) is 0 Å². The lowest BCUT2D eigenvalue weighted by molar-refractivity contribution is 0.0953. The van der Waals surface area contributed by atoms with Crippen molar-refractivity contribution in [2.45, 2.75) is 33.1 Å². The summed E-state index contributed by atoms with van der Waals surface area (Å²) in [5, 5.41) is 3.44. The molecule has 0 aromatic carbocycles. The van der Waals surface area contributed by atoms with E-state index in [4.69, 9.17) is 4.74 Å². The smallest absolute Gasteiger partial charge is 0.0497 e. The Morgan fingerprint density at radius 1 is 1.23 bits per heavy atom. The van der Waals surface area contributed by atoms with Crippen LogP contribution in [0, 0.1) is 11.8 Å². The maximum Gasteiger partial charge on any atom is 0.0497 e. The van der Waals surface area contributed by atoms with E-state index >= 15 is 0 Å². The van der Waals surface area contributed by atoms with E-state index in [1.807, 2.05) is 0 Å². The molecule has 78 valence electrons. The summed E-state index contributed by atoms with van der Waals surface area (Å²) in [5.74, 6) is 1.69. The third-order valence-corrected chi connectivity index (χ3v) is 3.01. The zero-order valence-corrected chi connectivity index (χ0v) is 9.01. The predicted molar refractivity (Wildman–Crippen MR) is 55.9 cm³/mol. The van der Waals surface area contributed by atoms with Crippen LogP contribution in [0.3, 0.4) is 0 Å². The average molecular weight is 185 g/mol. The van der Waals surface area contributed by atoms with Crippen LogP contribution in [0.2, 0.25) is 0 Å². The van der Waals surface area contributed by atoms with Gasteiger partial charge in [0.25, 0.3) is 0 Å². The molecule has 1 fully saturated rings. The fourth-order valence-corrected chi connectivity index (χ4v) is 2.20. The lowest BCUT2D eigenvalue weighted by Gasteiger charge is -2.19. The number of ether oxygens (including phenoxy) is 1. The van der Waals surface area contributed by atoms with Crippen LogP contribution in [-0.4, -0.2) is 26.3 Å². The van der Waals surface area contributed by atoms with Crippen molar-refractivity contribution in [1.29, 1.82) is 0 Å². The van der Waals surface area contributed by atoms with E-state index in [2.05, 4.69) is 19.2 Å². The van der Waals surface area contributed by atoms with E-state index in [9.17, 15) is 0 Å². The molecule has 0 spiro atoms.